The van der Waals surface area contributed by atoms with Crippen LogP contribution in [0.15, 0.2) is 150 Å². The molecule has 0 saturated heterocycles. The van der Waals surface area contributed by atoms with Crippen molar-refractivity contribution in [3.8, 4) is 33.9 Å². The number of nitrogens with zero attached hydrogens (tertiary/aromatic N) is 2. The van der Waals surface area contributed by atoms with E-state index in [1.165, 1.54) is 32.3 Å². The van der Waals surface area contributed by atoms with Crippen molar-refractivity contribution in [2.45, 2.75) is 0 Å². The molecule has 0 bridgehead atoms. The molecular formula is C40H24N2O. The smallest absolute Gasteiger partial charge is 0.164 e. The Morgan fingerprint density at radius 3 is 1.44 bits per heavy atom. The summed E-state index contributed by atoms with van der Waals surface area (Å²) in [7, 11) is 0. The first-order valence-corrected chi connectivity index (χ1v) is 14.5. The van der Waals surface area contributed by atoms with E-state index in [1.54, 1.807) is 0 Å². The summed E-state index contributed by atoms with van der Waals surface area (Å²) in [5.74, 6) is 0.644. The molecule has 0 fully saturated rings. The topological polar surface area (TPSA) is 38.9 Å². The average molecular weight is 549 g/mol. The van der Waals surface area contributed by atoms with E-state index in [9.17, 15) is 0 Å². The third-order valence-electron chi connectivity index (χ3n) is 8.47. The van der Waals surface area contributed by atoms with E-state index in [4.69, 9.17) is 14.4 Å². The minimum Gasteiger partial charge on any atom is -0.455 e. The number of fused-ring (bicyclic) bond motifs is 9. The molecule has 2 heterocycles. The fraction of sp³-hybridized carbons (Fsp3) is 0. The molecule has 0 saturated carbocycles. The summed E-state index contributed by atoms with van der Waals surface area (Å²) in [6.07, 6.45) is 0. The van der Waals surface area contributed by atoms with Gasteiger partial charge < -0.3 is 4.42 Å². The summed E-state index contributed by atoms with van der Waals surface area (Å²) in [5.41, 5.74) is 6.38. The van der Waals surface area contributed by atoms with Gasteiger partial charge in [0, 0.05) is 21.9 Å². The molecule has 7 aromatic carbocycles. The van der Waals surface area contributed by atoms with Crippen LogP contribution in [0, 0.1) is 0 Å². The molecule has 0 aliphatic rings. The SMILES string of the molecule is c1ccc(-c2cc(-c3ccccc3)nc(-c3cccc4c3oc3cc5c6ccccc6c6ccccc6c5cc34)n2)cc1. The number of aromatic nitrogens is 2. The molecule has 0 atom stereocenters. The number of benzene rings is 7. The third-order valence-corrected chi connectivity index (χ3v) is 8.47. The van der Waals surface area contributed by atoms with Crippen molar-refractivity contribution in [1.82, 2.24) is 9.97 Å². The van der Waals surface area contributed by atoms with Gasteiger partial charge in [-0.3, -0.25) is 0 Å². The Morgan fingerprint density at radius 1 is 0.372 bits per heavy atom. The second-order valence-electron chi connectivity index (χ2n) is 11.0. The lowest BCUT2D eigenvalue weighted by Gasteiger charge is -2.10. The first-order chi connectivity index (χ1) is 21.3. The molecule has 0 N–H and O–H groups in total. The number of para-hydroxylation sites is 1. The van der Waals surface area contributed by atoms with Gasteiger partial charge in [0.25, 0.3) is 0 Å². The molecule has 0 unspecified atom stereocenters. The average Bonchev–Trinajstić information content (AvgIpc) is 3.46. The van der Waals surface area contributed by atoms with Crippen molar-refractivity contribution in [3.63, 3.8) is 0 Å². The highest BCUT2D eigenvalue weighted by Gasteiger charge is 2.18. The van der Waals surface area contributed by atoms with E-state index in [1.807, 2.05) is 36.4 Å². The van der Waals surface area contributed by atoms with Crippen LogP contribution in [0.4, 0.5) is 0 Å². The largest absolute Gasteiger partial charge is 0.455 e. The molecule has 9 rings (SSSR count). The van der Waals surface area contributed by atoms with Gasteiger partial charge >= 0.3 is 0 Å². The molecule has 3 heteroatoms. The highest BCUT2D eigenvalue weighted by molar-refractivity contribution is 6.28. The monoisotopic (exact) mass is 548 g/mol. The van der Waals surface area contributed by atoms with Crippen LogP contribution in [0.5, 0.6) is 0 Å². The third kappa shape index (κ3) is 3.75. The fourth-order valence-corrected chi connectivity index (χ4v) is 6.45. The standard InChI is InChI=1S/C40H24N2O/c1-3-12-25(13-4-1)36-24-37(26-14-5-2-6-15-26)42-40(41-36)32-21-11-20-31-35-22-33-29-18-9-7-16-27(29)28-17-8-10-19-30(28)34(33)23-38(35)43-39(31)32/h1-24H. The van der Waals surface area contributed by atoms with Crippen LogP contribution in [-0.2, 0) is 0 Å². The molecule has 0 aliphatic carbocycles. The van der Waals surface area contributed by atoms with E-state index >= 15 is 0 Å². The van der Waals surface area contributed by atoms with Crippen LogP contribution in [0.2, 0.25) is 0 Å². The van der Waals surface area contributed by atoms with Crippen LogP contribution in [0.1, 0.15) is 0 Å². The minimum absolute atomic E-state index is 0.644. The van der Waals surface area contributed by atoms with Crippen LogP contribution in [-0.4, -0.2) is 9.97 Å². The van der Waals surface area contributed by atoms with Crippen LogP contribution < -0.4 is 0 Å². The Morgan fingerprint density at radius 2 is 0.860 bits per heavy atom. The maximum absolute atomic E-state index is 6.72. The normalized spacial score (nSPS) is 11.7. The Labute approximate surface area is 247 Å². The quantitative estimate of drug-likeness (QED) is 0.206. The van der Waals surface area contributed by atoms with Crippen molar-refractivity contribution >= 4 is 54.3 Å². The van der Waals surface area contributed by atoms with E-state index in [0.717, 1.165) is 50.0 Å². The predicted molar refractivity (Wildman–Crippen MR) is 178 cm³/mol. The molecule has 0 amide bonds. The van der Waals surface area contributed by atoms with Gasteiger partial charge in [-0.1, -0.05) is 121 Å². The van der Waals surface area contributed by atoms with Gasteiger partial charge in [-0.25, -0.2) is 9.97 Å². The van der Waals surface area contributed by atoms with Gasteiger partial charge in [0.2, 0.25) is 0 Å². The Bertz CT molecular complexity index is 2440. The molecule has 200 valence electrons. The zero-order chi connectivity index (χ0) is 28.3. The highest BCUT2D eigenvalue weighted by atomic mass is 16.3. The maximum atomic E-state index is 6.72. The Kier molecular flexibility index (Phi) is 5.20. The Balaban J connectivity index is 1.34. The summed E-state index contributed by atoms with van der Waals surface area (Å²) in [6.45, 7) is 0. The first-order valence-electron chi connectivity index (χ1n) is 14.5. The molecule has 9 aromatic rings. The van der Waals surface area contributed by atoms with Gasteiger partial charge in [0.05, 0.1) is 17.0 Å². The lowest BCUT2D eigenvalue weighted by Crippen LogP contribution is -1.96. The van der Waals surface area contributed by atoms with Crippen molar-refractivity contribution in [2.75, 3.05) is 0 Å². The molecule has 3 nitrogen and oxygen atoms in total. The zero-order valence-electron chi connectivity index (χ0n) is 23.2. The van der Waals surface area contributed by atoms with Crippen LogP contribution >= 0.6 is 0 Å². The summed E-state index contributed by atoms with van der Waals surface area (Å²) in [6, 6.07) is 50.7. The van der Waals surface area contributed by atoms with E-state index < -0.39 is 0 Å². The van der Waals surface area contributed by atoms with Gasteiger partial charge in [0.1, 0.15) is 11.2 Å². The van der Waals surface area contributed by atoms with E-state index in [-0.39, 0.29) is 0 Å². The molecule has 0 aliphatic heterocycles. The lowest BCUT2D eigenvalue weighted by atomic mass is 9.93. The highest BCUT2D eigenvalue weighted by Crippen LogP contribution is 2.41. The fourth-order valence-electron chi connectivity index (χ4n) is 6.45. The summed E-state index contributed by atoms with van der Waals surface area (Å²) in [4.78, 5) is 10.2. The number of hydrogen-bond acceptors (Lipinski definition) is 3. The van der Waals surface area contributed by atoms with Crippen molar-refractivity contribution < 1.29 is 4.42 Å². The van der Waals surface area contributed by atoms with Gasteiger partial charge in [-0.15, -0.1) is 0 Å². The molecule has 43 heavy (non-hydrogen) atoms. The van der Waals surface area contributed by atoms with Crippen molar-refractivity contribution in [1.29, 1.82) is 0 Å². The maximum Gasteiger partial charge on any atom is 0.164 e. The molecule has 0 radical (unpaired) electrons. The number of hydrogen-bond donors (Lipinski definition) is 0. The van der Waals surface area contributed by atoms with E-state index in [0.29, 0.717) is 5.82 Å². The van der Waals surface area contributed by atoms with E-state index in [2.05, 4.69) is 109 Å². The Hall–Kier alpha value is -5.80. The first kappa shape index (κ1) is 23.9. The minimum atomic E-state index is 0.644. The van der Waals surface area contributed by atoms with Crippen LogP contribution in [0.3, 0.4) is 0 Å². The summed E-state index contributed by atoms with van der Waals surface area (Å²) in [5, 5.41) is 9.55. The second-order valence-corrected chi connectivity index (χ2v) is 11.0. The predicted octanol–water partition coefficient (Wildman–Crippen LogP) is 10.8. The molecule has 2 aromatic heterocycles. The molecular weight excluding hydrogens is 524 g/mol. The van der Waals surface area contributed by atoms with Gasteiger partial charge in [-0.05, 0) is 56.6 Å². The van der Waals surface area contributed by atoms with Gasteiger partial charge in [-0.2, -0.15) is 0 Å². The number of furan rings is 1. The number of rotatable bonds is 3. The van der Waals surface area contributed by atoms with Gasteiger partial charge in [0.15, 0.2) is 5.82 Å². The lowest BCUT2D eigenvalue weighted by molar-refractivity contribution is 0.670. The van der Waals surface area contributed by atoms with Crippen molar-refractivity contribution in [3.05, 3.63) is 146 Å². The molecule has 0 spiro atoms. The van der Waals surface area contributed by atoms with Crippen LogP contribution in [0.25, 0.3) is 88.2 Å². The second kappa shape index (κ2) is 9.37. The summed E-state index contributed by atoms with van der Waals surface area (Å²) < 4.78 is 6.72. The van der Waals surface area contributed by atoms with Crippen molar-refractivity contribution in [2.24, 2.45) is 0 Å². The zero-order valence-corrected chi connectivity index (χ0v) is 23.2. The summed E-state index contributed by atoms with van der Waals surface area (Å²) >= 11 is 0.